The maximum atomic E-state index is 13.2. The molecule has 1 aliphatic heterocycles. The molecule has 0 radical (unpaired) electrons. The van der Waals surface area contributed by atoms with Gasteiger partial charge in [-0.1, -0.05) is 30.3 Å². The lowest BCUT2D eigenvalue weighted by molar-refractivity contribution is -0.121. The number of carbonyl (C=O) groups is 1. The molecule has 1 fully saturated rings. The summed E-state index contributed by atoms with van der Waals surface area (Å²) < 4.78 is 20.9. The van der Waals surface area contributed by atoms with Crippen molar-refractivity contribution in [1.82, 2.24) is 9.88 Å². The van der Waals surface area contributed by atoms with E-state index < -0.39 is 0 Å². The van der Waals surface area contributed by atoms with Gasteiger partial charge >= 0.3 is 0 Å². The Morgan fingerprint density at radius 2 is 2.00 bits per heavy atom. The lowest BCUT2D eigenvalue weighted by Crippen LogP contribution is -2.31. The predicted octanol–water partition coefficient (Wildman–Crippen LogP) is 4.06. The summed E-state index contributed by atoms with van der Waals surface area (Å²) in [5.41, 5.74) is 3.33. The third-order valence-electron chi connectivity index (χ3n) is 5.31. The number of hydrogen-bond acceptors (Lipinski definition) is 2. The molecule has 1 aliphatic rings. The molecule has 1 saturated heterocycles. The number of aromatic nitrogens is 1. The van der Waals surface area contributed by atoms with Crippen molar-refractivity contribution in [3.63, 3.8) is 0 Å². The summed E-state index contributed by atoms with van der Waals surface area (Å²) >= 11 is 0. The van der Waals surface area contributed by atoms with Gasteiger partial charge in [0.2, 0.25) is 5.91 Å². The van der Waals surface area contributed by atoms with Crippen molar-refractivity contribution < 1.29 is 13.9 Å². The van der Waals surface area contributed by atoms with Gasteiger partial charge in [-0.2, -0.15) is 0 Å². The smallest absolute Gasteiger partial charge is 0.220 e. The molecule has 0 aliphatic carbocycles. The van der Waals surface area contributed by atoms with Gasteiger partial charge in [0.25, 0.3) is 0 Å². The van der Waals surface area contributed by atoms with Crippen LogP contribution in [0.2, 0.25) is 0 Å². The van der Waals surface area contributed by atoms with Gasteiger partial charge in [-0.05, 0) is 48.6 Å². The van der Waals surface area contributed by atoms with E-state index in [1.165, 1.54) is 12.1 Å². The van der Waals surface area contributed by atoms with E-state index in [0.29, 0.717) is 25.9 Å². The normalized spacial score (nSPS) is 16.5. The Bertz CT molecular complexity index is 943. The molecule has 0 saturated carbocycles. The Kier molecular flexibility index (Phi) is 5.72. The fraction of sp³-hybridized carbons (Fsp3) is 0.348. The van der Waals surface area contributed by atoms with Gasteiger partial charge < -0.3 is 14.6 Å². The summed E-state index contributed by atoms with van der Waals surface area (Å²) in [6, 6.07) is 14.8. The first-order valence-corrected chi connectivity index (χ1v) is 9.88. The number of amides is 1. The van der Waals surface area contributed by atoms with E-state index in [2.05, 4.69) is 28.2 Å². The van der Waals surface area contributed by atoms with Crippen LogP contribution in [0.5, 0.6) is 0 Å². The summed E-state index contributed by atoms with van der Waals surface area (Å²) in [6.45, 7) is 2.07. The number of nitrogens with zero attached hydrogens (tertiary/aromatic N) is 1. The number of ether oxygens (including phenoxy) is 1. The summed E-state index contributed by atoms with van der Waals surface area (Å²) in [7, 11) is 0. The Balaban J connectivity index is 1.43. The van der Waals surface area contributed by atoms with Gasteiger partial charge in [0.15, 0.2) is 0 Å². The fourth-order valence-corrected chi connectivity index (χ4v) is 3.81. The molecule has 2 aromatic carbocycles. The zero-order valence-corrected chi connectivity index (χ0v) is 15.9. The standard InChI is InChI=1S/C23H25FN2O2/c24-19-10-7-17(8-11-19)15-26-16-18(21-5-1-2-6-22(21)26)9-12-23(27)25-14-20-4-3-13-28-20/h1-2,5-8,10-11,16,20H,3-4,9,12-15H2,(H,25,27)/t20-/m0/s1. The summed E-state index contributed by atoms with van der Waals surface area (Å²) in [6.07, 6.45) is 5.53. The van der Waals surface area contributed by atoms with Crippen molar-refractivity contribution >= 4 is 16.8 Å². The molecule has 0 bridgehead atoms. The molecule has 28 heavy (non-hydrogen) atoms. The number of para-hydroxylation sites is 1. The molecule has 0 spiro atoms. The van der Waals surface area contributed by atoms with Crippen LogP contribution < -0.4 is 5.32 Å². The third-order valence-corrected chi connectivity index (χ3v) is 5.31. The molecule has 2 heterocycles. The largest absolute Gasteiger partial charge is 0.376 e. The average Bonchev–Trinajstić information content (AvgIpc) is 3.35. The highest BCUT2D eigenvalue weighted by atomic mass is 19.1. The fourth-order valence-electron chi connectivity index (χ4n) is 3.81. The number of nitrogens with one attached hydrogen (secondary N) is 1. The monoisotopic (exact) mass is 380 g/mol. The highest BCUT2D eigenvalue weighted by Crippen LogP contribution is 2.23. The van der Waals surface area contributed by atoms with Crippen LogP contribution in [0.25, 0.3) is 10.9 Å². The molecule has 1 atom stereocenters. The van der Waals surface area contributed by atoms with Crippen LogP contribution in [0.15, 0.2) is 54.7 Å². The van der Waals surface area contributed by atoms with Crippen molar-refractivity contribution in [2.45, 2.75) is 38.3 Å². The highest BCUT2D eigenvalue weighted by Gasteiger charge is 2.16. The number of aryl methyl sites for hydroxylation is 1. The van der Waals surface area contributed by atoms with Crippen molar-refractivity contribution in [1.29, 1.82) is 0 Å². The van der Waals surface area contributed by atoms with Gasteiger partial charge in [-0.25, -0.2) is 4.39 Å². The van der Waals surface area contributed by atoms with Crippen LogP contribution in [0.4, 0.5) is 4.39 Å². The number of benzene rings is 2. The molecule has 1 N–H and O–H groups in total. The first kappa shape index (κ1) is 18.7. The van der Waals surface area contributed by atoms with Crippen molar-refractivity contribution in [3.8, 4) is 0 Å². The maximum Gasteiger partial charge on any atom is 0.220 e. The SMILES string of the molecule is O=C(CCc1cn(Cc2ccc(F)cc2)c2ccccc12)NC[C@@H]1CCCO1. The number of rotatable bonds is 7. The van der Waals surface area contributed by atoms with E-state index in [-0.39, 0.29) is 17.8 Å². The second-order valence-corrected chi connectivity index (χ2v) is 7.36. The lowest BCUT2D eigenvalue weighted by atomic mass is 10.1. The molecule has 1 aromatic heterocycles. The van der Waals surface area contributed by atoms with Gasteiger partial charge in [-0.3, -0.25) is 4.79 Å². The molecule has 146 valence electrons. The van der Waals surface area contributed by atoms with Crippen molar-refractivity contribution in [2.75, 3.05) is 13.2 Å². The van der Waals surface area contributed by atoms with Crippen LogP contribution >= 0.6 is 0 Å². The topological polar surface area (TPSA) is 43.3 Å². The number of carbonyl (C=O) groups excluding carboxylic acids is 1. The average molecular weight is 380 g/mol. The van der Waals surface area contributed by atoms with Crippen LogP contribution in [0.3, 0.4) is 0 Å². The van der Waals surface area contributed by atoms with Crippen LogP contribution in [0, 0.1) is 5.82 Å². The molecular formula is C23H25FN2O2. The van der Waals surface area contributed by atoms with Gasteiger partial charge in [0.1, 0.15) is 5.82 Å². The Morgan fingerprint density at radius 3 is 2.79 bits per heavy atom. The summed E-state index contributed by atoms with van der Waals surface area (Å²) in [4.78, 5) is 12.2. The van der Waals surface area contributed by atoms with Crippen LogP contribution in [-0.4, -0.2) is 29.7 Å². The van der Waals surface area contributed by atoms with E-state index in [1.807, 2.05) is 24.3 Å². The number of hydrogen-bond donors (Lipinski definition) is 1. The molecule has 0 unspecified atom stereocenters. The zero-order valence-electron chi connectivity index (χ0n) is 15.9. The second kappa shape index (κ2) is 8.57. The quantitative estimate of drug-likeness (QED) is 0.672. The number of fused-ring (bicyclic) bond motifs is 1. The summed E-state index contributed by atoms with van der Waals surface area (Å²) in [5.74, 6) is -0.165. The molecule has 4 nitrogen and oxygen atoms in total. The predicted molar refractivity (Wildman–Crippen MR) is 108 cm³/mol. The van der Waals surface area contributed by atoms with Crippen LogP contribution in [0.1, 0.15) is 30.4 Å². The van der Waals surface area contributed by atoms with Gasteiger partial charge in [0.05, 0.1) is 6.10 Å². The Hall–Kier alpha value is -2.66. The van der Waals surface area contributed by atoms with Crippen molar-refractivity contribution in [3.05, 3.63) is 71.7 Å². The van der Waals surface area contributed by atoms with E-state index in [1.54, 1.807) is 0 Å². The van der Waals surface area contributed by atoms with Gasteiger partial charge in [-0.15, -0.1) is 0 Å². The Morgan fingerprint density at radius 1 is 1.18 bits per heavy atom. The Labute approximate surface area is 164 Å². The van der Waals surface area contributed by atoms with E-state index in [4.69, 9.17) is 4.74 Å². The minimum Gasteiger partial charge on any atom is -0.376 e. The van der Waals surface area contributed by atoms with E-state index >= 15 is 0 Å². The molecule has 5 heteroatoms. The maximum absolute atomic E-state index is 13.2. The number of halogens is 1. The van der Waals surface area contributed by atoms with Crippen molar-refractivity contribution in [2.24, 2.45) is 0 Å². The van der Waals surface area contributed by atoms with E-state index in [0.717, 1.165) is 41.5 Å². The first-order valence-electron chi connectivity index (χ1n) is 9.88. The zero-order chi connectivity index (χ0) is 19.3. The van der Waals surface area contributed by atoms with Crippen LogP contribution in [-0.2, 0) is 22.5 Å². The minimum absolute atomic E-state index is 0.0610. The molecule has 3 aromatic rings. The highest BCUT2D eigenvalue weighted by molar-refractivity contribution is 5.85. The lowest BCUT2D eigenvalue weighted by Gasteiger charge is -2.10. The third kappa shape index (κ3) is 4.42. The molecule has 4 rings (SSSR count). The summed E-state index contributed by atoms with van der Waals surface area (Å²) in [5, 5.41) is 4.15. The molecular weight excluding hydrogens is 355 g/mol. The van der Waals surface area contributed by atoms with Gasteiger partial charge in [0, 0.05) is 43.2 Å². The van der Waals surface area contributed by atoms with E-state index in [9.17, 15) is 9.18 Å². The minimum atomic E-state index is -0.226. The first-order chi connectivity index (χ1) is 13.7. The molecule has 1 amide bonds. The second-order valence-electron chi connectivity index (χ2n) is 7.36.